The van der Waals surface area contributed by atoms with Gasteiger partial charge < -0.3 is 5.32 Å². The Hall–Kier alpha value is 0.0600. The van der Waals surface area contributed by atoms with Gasteiger partial charge in [0.05, 0.1) is 5.75 Å². The lowest BCUT2D eigenvalue weighted by molar-refractivity contribution is 0.557. The van der Waals surface area contributed by atoms with Crippen LogP contribution in [0.5, 0.6) is 0 Å². The maximum absolute atomic E-state index is 11.4. The van der Waals surface area contributed by atoms with Crippen molar-refractivity contribution in [2.75, 3.05) is 30.6 Å². The van der Waals surface area contributed by atoms with Crippen LogP contribution in [-0.2, 0) is 20.6 Å². The van der Waals surface area contributed by atoms with Gasteiger partial charge in [-0.1, -0.05) is 0 Å². The molecule has 0 heterocycles. The summed E-state index contributed by atoms with van der Waals surface area (Å²) in [7, 11) is -2.07. The minimum absolute atomic E-state index is 0.0290. The molecule has 0 saturated carbocycles. The molecule has 0 fully saturated rings. The fourth-order valence-electron chi connectivity index (χ4n) is 1.04. The molecule has 2 atom stereocenters. The van der Waals surface area contributed by atoms with Crippen molar-refractivity contribution in [3.63, 3.8) is 0 Å². The Bertz CT molecular complexity index is 288. The van der Waals surface area contributed by atoms with Crippen molar-refractivity contribution in [2.45, 2.75) is 25.8 Å². The van der Waals surface area contributed by atoms with Gasteiger partial charge in [-0.2, -0.15) is 0 Å². The van der Waals surface area contributed by atoms with Crippen molar-refractivity contribution < 1.29 is 12.6 Å². The lowest BCUT2D eigenvalue weighted by Gasteiger charge is -2.08. The van der Waals surface area contributed by atoms with Gasteiger partial charge in [0.25, 0.3) is 0 Å². The van der Waals surface area contributed by atoms with E-state index in [9.17, 15) is 12.6 Å². The minimum atomic E-state index is -2.97. The molecule has 15 heavy (non-hydrogen) atoms. The summed E-state index contributed by atoms with van der Waals surface area (Å²) in [6.07, 6.45) is 3.02. The first-order valence-corrected chi connectivity index (χ1v) is 8.60. The zero-order valence-corrected chi connectivity index (χ0v) is 11.3. The maximum Gasteiger partial charge on any atom is 0.148 e. The molecule has 0 aliphatic carbocycles. The first-order chi connectivity index (χ1) is 6.85. The Morgan fingerprint density at radius 1 is 1.33 bits per heavy atom. The van der Waals surface area contributed by atoms with Crippen molar-refractivity contribution in [1.82, 2.24) is 5.32 Å². The Kier molecular flexibility index (Phi) is 7.38. The monoisotopic (exact) mass is 255 g/mol. The summed E-state index contributed by atoms with van der Waals surface area (Å²) in [6.45, 7) is 2.07. The van der Waals surface area contributed by atoms with Crippen LogP contribution in [0, 0.1) is 0 Å². The van der Waals surface area contributed by atoms with E-state index in [1.54, 1.807) is 0 Å². The molecule has 4 nitrogen and oxygen atoms in total. The number of rotatable bonds is 8. The second kappa shape index (κ2) is 7.35. The predicted octanol–water partition coefficient (Wildman–Crippen LogP) is 0.168. The van der Waals surface area contributed by atoms with E-state index in [-0.39, 0.29) is 11.5 Å². The van der Waals surface area contributed by atoms with Gasteiger partial charge in [0.1, 0.15) is 9.84 Å². The van der Waals surface area contributed by atoms with Crippen molar-refractivity contribution in [3.05, 3.63) is 0 Å². The van der Waals surface area contributed by atoms with E-state index >= 15 is 0 Å². The topological polar surface area (TPSA) is 63.2 Å². The maximum atomic E-state index is 11.4. The zero-order valence-electron chi connectivity index (χ0n) is 9.65. The molecule has 1 N–H and O–H groups in total. The fourth-order valence-corrected chi connectivity index (χ4v) is 3.69. The normalized spacial score (nSPS) is 16.2. The highest BCUT2D eigenvalue weighted by Gasteiger charge is 2.07. The second-order valence-corrected chi connectivity index (χ2v) is 7.77. The number of nitrogens with one attached hydrogen (secondary N) is 1. The van der Waals surface area contributed by atoms with Crippen LogP contribution in [0.25, 0.3) is 0 Å². The largest absolute Gasteiger partial charge is 0.317 e. The summed E-state index contributed by atoms with van der Waals surface area (Å²) in [5.41, 5.74) is 0. The minimum Gasteiger partial charge on any atom is -0.317 e. The molecule has 0 aromatic heterocycles. The smallest absolute Gasteiger partial charge is 0.148 e. The van der Waals surface area contributed by atoms with E-state index in [0.29, 0.717) is 11.8 Å². The van der Waals surface area contributed by atoms with Crippen LogP contribution in [0.3, 0.4) is 0 Å². The van der Waals surface area contributed by atoms with Crippen molar-refractivity contribution >= 4 is 20.6 Å². The molecule has 0 bridgehead atoms. The molecular weight excluding hydrogens is 234 g/mol. The number of hydrogen-bond donors (Lipinski definition) is 1. The standard InChI is InChI=1S/C9H21NO3S2/c1-9(10-2)5-4-6-14(11)7-8-15(3,12)13/h9-10H,4-8H2,1-3H3. The van der Waals surface area contributed by atoms with Crippen LogP contribution in [-0.4, -0.2) is 49.2 Å². The quantitative estimate of drug-likeness (QED) is 0.671. The zero-order chi connectivity index (χ0) is 11.9. The van der Waals surface area contributed by atoms with Crippen LogP contribution >= 0.6 is 0 Å². The molecule has 0 aliphatic heterocycles. The summed E-state index contributed by atoms with van der Waals surface area (Å²) < 4.78 is 33.0. The van der Waals surface area contributed by atoms with Gasteiger partial charge in [-0.3, -0.25) is 4.21 Å². The van der Waals surface area contributed by atoms with Crippen LogP contribution in [0.4, 0.5) is 0 Å². The van der Waals surface area contributed by atoms with Gasteiger partial charge in [0.15, 0.2) is 0 Å². The fraction of sp³-hybridized carbons (Fsp3) is 1.00. The van der Waals surface area contributed by atoms with Crippen molar-refractivity contribution in [2.24, 2.45) is 0 Å². The van der Waals surface area contributed by atoms with E-state index in [1.165, 1.54) is 6.26 Å². The summed E-state index contributed by atoms with van der Waals surface area (Å²) in [4.78, 5) is 0. The van der Waals surface area contributed by atoms with E-state index in [0.717, 1.165) is 12.8 Å². The Labute approximate surface area is 95.2 Å². The molecule has 2 unspecified atom stereocenters. The highest BCUT2D eigenvalue weighted by Crippen LogP contribution is 1.98. The Morgan fingerprint density at radius 2 is 1.93 bits per heavy atom. The van der Waals surface area contributed by atoms with Gasteiger partial charge >= 0.3 is 0 Å². The van der Waals surface area contributed by atoms with Crippen LogP contribution < -0.4 is 5.32 Å². The number of sulfone groups is 1. The summed E-state index contributed by atoms with van der Waals surface area (Å²) in [5.74, 6) is 0.898. The van der Waals surface area contributed by atoms with Gasteiger partial charge in [-0.25, -0.2) is 8.42 Å². The van der Waals surface area contributed by atoms with Crippen LogP contribution in [0.1, 0.15) is 19.8 Å². The van der Waals surface area contributed by atoms with E-state index in [4.69, 9.17) is 0 Å². The average molecular weight is 255 g/mol. The van der Waals surface area contributed by atoms with Gasteiger partial charge in [-0.05, 0) is 26.8 Å². The lowest BCUT2D eigenvalue weighted by Crippen LogP contribution is -2.22. The second-order valence-electron chi connectivity index (χ2n) is 3.81. The summed E-state index contributed by atoms with van der Waals surface area (Å²) in [6, 6.07) is 0.428. The summed E-state index contributed by atoms with van der Waals surface area (Å²) in [5, 5.41) is 3.10. The molecule has 0 aromatic carbocycles. The molecule has 92 valence electrons. The van der Waals surface area contributed by atoms with Gasteiger partial charge in [-0.15, -0.1) is 0 Å². The Morgan fingerprint density at radius 3 is 2.40 bits per heavy atom. The Balaban J connectivity index is 3.59. The third-order valence-electron chi connectivity index (χ3n) is 2.18. The van der Waals surface area contributed by atoms with Crippen LogP contribution in [0.15, 0.2) is 0 Å². The molecule has 6 heteroatoms. The average Bonchev–Trinajstić information content (AvgIpc) is 2.13. The molecule has 0 radical (unpaired) electrons. The predicted molar refractivity (Wildman–Crippen MR) is 65.3 cm³/mol. The van der Waals surface area contributed by atoms with Gasteiger partial charge in [0.2, 0.25) is 0 Å². The van der Waals surface area contributed by atoms with Crippen LogP contribution in [0.2, 0.25) is 0 Å². The molecule has 0 amide bonds. The SMILES string of the molecule is CNC(C)CCCS(=O)CCS(C)(=O)=O. The highest BCUT2D eigenvalue weighted by atomic mass is 32.2. The molecule has 0 saturated heterocycles. The third-order valence-corrected chi connectivity index (χ3v) is 4.79. The first-order valence-electron chi connectivity index (χ1n) is 5.05. The van der Waals surface area contributed by atoms with Gasteiger partial charge in [0, 0.05) is 34.6 Å². The van der Waals surface area contributed by atoms with E-state index < -0.39 is 20.6 Å². The highest BCUT2D eigenvalue weighted by molar-refractivity contribution is 7.92. The molecule has 0 aliphatic rings. The molecule has 0 rings (SSSR count). The van der Waals surface area contributed by atoms with E-state index in [2.05, 4.69) is 12.2 Å². The first kappa shape index (κ1) is 15.1. The van der Waals surface area contributed by atoms with E-state index in [1.807, 2.05) is 7.05 Å². The number of hydrogen-bond acceptors (Lipinski definition) is 4. The molecule has 0 aromatic rings. The molecular formula is C9H21NO3S2. The molecule has 0 spiro atoms. The van der Waals surface area contributed by atoms with Crippen molar-refractivity contribution in [1.29, 1.82) is 0 Å². The van der Waals surface area contributed by atoms with Crippen molar-refractivity contribution in [3.8, 4) is 0 Å². The lowest BCUT2D eigenvalue weighted by atomic mass is 10.2. The third kappa shape index (κ3) is 10.3. The summed E-state index contributed by atoms with van der Waals surface area (Å²) >= 11 is 0.